The summed E-state index contributed by atoms with van der Waals surface area (Å²) in [6, 6.07) is 5.31. The molecule has 0 saturated carbocycles. The van der Waals surface area contributed by atoms with Crippen LogP contribution in [0.3, 0.4) is 0 Å². The van der Waals surface area contributed by atoms with Gasteiger partial charge in [-0.15, -0.1) is 0 Å². The van der Waals surface area contributed by atoms with E-state index < -0.39 is 0 Å². The highest BCUT2D eigenvalue weighted by atomic mass is 16.6. The van der Waals surface area contributed by atoms with Gasteiger partial charge < -0.3 is 10.1 Å². The number of nitrogens with zero attached hydrogens (tertiary/aromatic N) is 1. The van der Waals surface area contributed by atoms with Crippen LogP contribution in [0, 0.1) is 17.0 Å². The molecule has 0 saturated heterocycles. The van der Waals surface area contributed by atoms with E-state index in [1.807, 2.05) is 26.8 Å². The molecule has 1 rings (SSSR count). The zero-order valence-electron chi connectivity index (χ0n) is 12.0. The molecule has 0 atom stereocenters. The highest BCUT2D eigenvalue weighted by molar-refractivity contribution is 5.42. The zero-order chi connectivity index (χ0) is 14.5. The lowest BCUT2D eigenvalue weighted by molar-refractivity contribution is -0.385. The van der Waals surface area contributed by atoms with Gasteiger partial charge in [0.05, 0.1) is 10.5 Å². The third-order valence-corrected chi connectivity index (χ3v) is 2.89. The fourth-order valence-corrected chi connectivity index (χ4v) is 1.91. The number of benzene rings is 1. The number of ether oxygens (including phenoxy) is 1. The average molecular weight is 266 g/mol. The van der Waals surface area contributed by atoms with Gasteiger partial charge in [-0.25, -0.2) is 0 Å². The molecule has 5 nitrogen and oxygen atoms in total. The molecule has 1 N–H and O–H groups in total. The Morgan fingerprint density at radius 3 is 2.68 bits per heavy atom. The van der Waals surface area contributed by atoms with Gasteiger partial charge in [0.2, 0.25) is 0 Å². The fourth-order valence-electron chi connectivity index (χ4n) is 1.91. The molecule has 0 aliphatic heterocycles. The quantitative estimate of drug-likeness (QED) is 0.609. The summed E-state index contributed by atoms with van der Waals surface area (Å²) >= 11 is 0. The molecule has 1 aromatic carbocycles. The standard InChI is InChI=1S/C14H22N2O3/c1-5-19-14(3,4)10-15-9-12-7-6-11(2)13(8-12)16(17)18/h6-8,15H,5,9-10H2,1-4H3. The van der Waals surface area contributed by atoms with Crippen LogP contribution in [0.1, 0.15) is 31.9 Å². The topological polar surface area (TPSA) is 64.4 Å². The molecule has 5 heteroatoms. The van der Waals surface area contributed by atoms with Crippen LogP contribution in [0.4, 0.5) is 5.69 Å². The summed E-state index contributed by atoms with van der Waals surface area (Å²) in [5, 5.41) is 14.1. The Hall–Kier alpha value is -1.46. The van der Waals surface area contributed by atoms with Crippen LogP contribution in [-0.2, 0) is 11.3 Å². The summed E-state index contributed by atoms with van der Waals surface area (Å²) in [7, 11) is 0. The van der Waals surface area contributed by atoms with Crippen molar-refractivity contribution in [3.63, 3.8) is 0 Å². The van der Waals surface area contributed by atoms with Gasteiger partial charge in [-0.3, -0.25) is 10.1 Å². The van der Waals surface area contributed by atoms with Gasteiger partial charge in [0.15, 0.2) is 0 Å². The van der Waals surface area contributed by atoms with Gasteiger partial charge >= 0.3 is 0 Å². The lowest BCUT2D eigenvalue weighted by atomic mass is 10.1. The van der Waals surface area contributed by atoms with Crippen molar-refractivity contribution in [2.75, 3.05) is 13.2 Å². The summed E-state index contributed by atoms with van der Waals surface area (Å²) in [4.78, 5) is 10.5. The van der Waals surface area contributed by atoms with Crippen molar-refractivity contribution >= 4 is 5.69 Å². The molecule has 0 spiro atoms. The van der Waals surface area contributed by atoms with Crippen LogP contribution in [0.25, 0.3) is 0 Å². The second-order valence-electron chi connectivity index (χ2n) is 5.17. The van der Waals surface area contributed by atoms with Crippen LogP contribution in [0.15, 0.2) is 18.2 Å². The Labute approximate surface area is 114 Å². The number of nitrogens with one attached hydrogen (secondary N) is 1. The van der Waals surface area contributed by atoms with E-state index in [1.54, 1.807) is 19.1 Å². The maximum Gasteiger partial charge on any atom is 0.272 e. The molecule has 0 aliphatic carbocycles. The Morgan fingerprint density at radius 2 is 2.11 bits per heavy atom. The largest absolute Gasteiger partial charge is 0.375 e. The van der Waals surface area contributed by atoms with Gasteiger partial charge in [0.25, 0.3) is 5.69 Å². The normalized spacial score (nSPS) is 11.6. The molecule has 0 radical (unpaired) electrons. The van der Waals surface area contributed by atoms with E-state index in [1.165, 1.54) is 0 Å². The number of hydrogen-bond acceptors (Lipinski definition) is 4. The summed E-state index contributed by atoms with van der Waals surface area (Å²) in [5.74, 6) is 0. The van der Waals surface area contributed by atoms with Crippen LogP contribution < -0.4 is 5.32 Å². The smallest absolute Gasteiger partial charge is 0.272 e. The van der Waals surface area contributed by atoms with E-state index in [9.17, 15) is 10.1 Å². The summed E-state index contributed by atoms with van der Waals surface area (Å²) in [5.41, 5.74) is 1.53. The number of nitro benzene ring substituents is 1. The first kappa shape index (κ1) is 15.6. The molecule has 106 valence electrons. The number of rotatable bonds is 7. The molecule has 1 aromatic rings. The molecule has 0 fully saturated rings. The SMILES string of the molecule is CCOC(C)(C)CNCc1ccc(C)c([N+](=O)[O-])c1. The minimum Gasteiger partial charge on any atom is -0.375 e. The maximum atomic E-state index is 10.9. The molecule has 0 aromatic heterocycles. The van der Waals surface area contributed by atoms with Crippen molar-refractivity contribution in [3.05, 3.63) is 39.4 Å². The molecular formula is C14H22N2O3. The van der Waals surface area contributed by atoms with E-state index in [4.69, 9.17) is 4.74 Å². The molecular weight excluding hydrogens is 244 g/mol. The summed E-state index contributed by atoms with van der Waals surface area (Å²) < 4.78 is 5.58. The predicted molar refractivity (Wildman–Crippen MR) is 75.2 cm³/mol. The molecule has 0 unspecified atom stereocenters. The molecule has 0 amide bonds. The third-order valence-electron chi connectivity index (χ3n) is 2.89. The Morgan fingerprint density at radius 1 is 1.42 bits per heavy atom. The van der Waals surface area contributed by atoms with Crippen molar-refractivity contribution in [2.24, 2.45) is 0 Å². The molecule has 0 aliphatic rings. The minimum atomic E-state index is -0.344. The second kappa shape index (κ2) is 6.63. The van der Waals surface area contributed by atoms with E-state index >= 15 is 0 Å². The van der Waals surface area contributed by atoms with Gasteiger partial charge in [-0.05, 0) is 33.3 Å². The Balaban J connectivity index is 2.59. The first-order valence-corrected chi connectivity index (χ1v) is 6.44. The Kier molecular flexibility index (Phi) is 5.44. The van der Waals surface area contributed by atoms with Crippen LogP contribution in [0.5, 0.6) is 0 Å². The summed E-state index contributed by atoms with van der Waals surface area (Å²) in [6.45, 7) is 9.70. The zero-order valence-corrected chi connectivity index (χ0v) is 12.0. The van der Waals surface area contributed by atoms with E-state index in [2.05, 4.69) is 5.32 Å². The average Bonchev–Trinajstić information content (AvgIpc) is 2.30. The van der Waals surface area contributed by atoms with Gasteiger partial charge in [0, 0.05) is 31.3 Å². The Bertz CT molecular complexity index is 444. The van der Waals surface area contributed by atoms with E-state index in [-0.39, 0.29) is 16.2 Å². The third kappa shape index (κ3) is 4.96. The van der Waals surface area contributed by atoms with Gasteiger partial charge in [-0.1, -0.05) is 12.1 Å². The van der Waals surface area contributed by atoms with Crippen LogP contribution in [0.2, 0.25) is 0 Å². The number of hydrogen-bond donors (Lipinski definition) is 1. The van der Waals surface area contributed by atoms with Crippen LogP contribution >= 0.6 is 0 Å². The fraction of sp³-hybridized carbons (Fsp3) is 0.571. The minimum absolute atomic E-state index is 0.170. The number of aryl methyl sites for hydroxylation is 1. The maximum absolute atomic E-state index is 10.9. The first-order chi connectivity index (χ1) is 8.85. The van der Waals surface area contributed by atoms with Crippen LogP contribution in [-0.4, -0.2) is 23.7 Å². The lowest BCUT2D eigenvalue weighted by Crippen LogP contribution is -2.37. The van der Waals surface area contributed by atoms with Crippen molar-refractivity contribution in [3.8, 4) is 0 Å². The van der Waals surface area contributed by atoms with Gasteiger partial charge in [0.1, 0.15) is 0 Å². The van der Waals surface area contributed by atoms with E-state index in [0.29, 0.717) is 25.3 Å². The predicted octanol–water partition coefficient (Wildman–Crippen LogP) is 2.81. The van der Waals surface area contributed by atoms with Crippen molar-refractivity contribution in [1.82, 2.24) is 5.32 Å². The highest BCUT2D eigenvalue weighted by Gasteiger charge is 2.17. The van der Waals surface area contributed by atoms with Crippen molar-refractivity contribution < 1.29 is 9.66 Å². The first-order valence-electron chi connectivity index (χ1n) is 6.44. The molecule has 0 bridgehead atoms. The number of nitro groups is 1. The van der Waals surface area contributed by atoms with Gasteiger partial charge in [-0.2, -0.15) is 0 Å². The van der Waals surface area contributed by atoms with Crippen molar-refractivity contribution in [1.29, 1.82) is 0 Å². The monoisotopic (exact) mass is 266 g/mol. The highest BCUT2D eigenvalue weighted by Crippen LogP contribution is 2.19. The lowest BCUT2D eigenvalue weighted by Gasteiger charge is -2.25. The van der Waals surface area contributed by atoms with Crippen molar-refractivity contribution in [2.45, 2.75) is 39.8 Å². The second-order valence-corrected chi connectivity index (χ2v) is 5.17. The molecule has 19 heavy (non-hydrogen) atoms. The summed E-state index contributed by atoms with van der Waals surface area (Å²) in [6.07, 6.45) is 0. The molecule has 0 heterocycles. The van der Waals surface area contributed by atoms with E-state index in [0.717, 1.165) is 5.56 Å².